The van der Waals surface area contributed by atoms with Crippen molar-refractivity contribution in [2.24, 2.45) is 70.0 Å². The van der Waals surface area contributed by atoms with E-state index >= 15 is 0 Å². The standard InChI is InChI=1S/2C13H25N.2C12H23N.C11H19N.3C11H21N/c1-13(2,3)14-8-7-11-5-4-6-12(9-11)10-14;1-13(2,3)14-9-11-5-4-6-12(10-14)8-7-11;1-12(2,3)13-9-8-10-4-6-11(13)7-5-10;1-12(2,3)13-8-7-10-5-4-6-11(13)9-10;1-10(2,3)12-7-8-4-5-11(8)6-9(11)12;1-11(2,3)12-8-9-4-6-10(12)7-5-9;1-11(2,3)10-8-4-5-9(10)12-7-6-8;1-11(2,3)12-9-5-4-6-10(12)8-7-9/h2*11-12H,4-10H2,1-3H3;2*10-11H,4-9H2,1-3H3;8-9H,4-7H2,1-3H3;9-10H,4-8H2,1-3H3;8-10,12H,4-7H2,1-3H3;9-10H,4-8H2,1-3H3. The monoisotopic (exact) mass is 1420 g/mol. The zero-order valence-electron chi connectivity index (χ0n) is 73.1. The number of fused-ring (bicyclic) bond motifs is 18. The molecule has 8 aliphatic carbocycles. The van der Waals surface area contributed by atoms with E-state index in [0.717, 1.165) is 107 Å². The van der Waals surface area contributed by atoms with Gasteiger partial charge in [0.05, 0.1) is 0 Å². The van der Waals surface area contributed by atoms with Crippen molar-refractivity contribution in [3.05, 3.63) is 0 Å². The molecule has 11 heterocycles. The molecular formula is C94H178N8. The second-order valence-electron chi connectivity index (χ2n) is 46.8. The normalized spacial score (nSPS) is 38.6. The summed E-state index contributed by atoms with van der Waals surface area (Å²) in [4.78, 5) is 19.2. The molecule has 14 atom stereocenters. The molecule has 8 nitrogen and oxygen atoms in total. The molecule has 1 spiro atoms. The summed E-state index contributed by atoms with van der Waals surface area (Å²) < 4.78 is 0. The Labute approximate surface area is 636 Å². The lowest BCUT2D eigenvalue weighted by Gasteiger charge is -2.51. The zero-order valence-corrected chi connectivity index (χ0v) is 73.1. The molecule has 0 radical (unpaired) electrons. The van der Waals surface area contributed by atoms with Gasteiger partial charge in [-0.25, -0.2) is 0 Å². The van der Waals surface area contributed by atoms with Crippen LogP contribution in [0, 0.1) is 70.0 Å². The van der Waals surface area contributed by atoms with Crippen LogP contribution in [0.15, 0.2) is 0 Å². The molecule has 0 aromatic heterocycles. The number of nitrogens with one attached hydrogen (secondary N) is 1. The first-order valence-corrected chi connectivity index (χ1v) is 45.6. The number of hydrogen-bond donors (Lipinski definition) is 1. The molecule has 14 unspecified atom stereocenters. The molecule has 19 fully saturated rings. The first-order chi connectivity index (χ1) is 47.5. The van der Waals surface area contributed by atoms with Crippen molar-refractivity contribution in [2.75, 3.05) is 58.9 Å². The van der Waals surface area contributed by atoms with Crippen LogP contribution in [-0.2, 0) is 0 Å². The van der Waals surface area contributed by atoms with Crippen molar-refractivity contribution in [3.63, 3.8) is 0 Å². The van der Waals surface area contributed by atoms with Crippen LogP contribution in [0.25, 0.3) is 0 Å². The number of likely N-dealkylation sites (tertiary alicyclic amines) is 4. The predicted octanol–water partition coefficient (Wildman–Crippen LogP) is 22.8. The highest BCUT2D eigenvalue weighted by Gasteiger charge is 2.71. The first-order valence-electron chi connectivity index (χ1n) is 45.6. The summed E-state index contributed by atoms with van der Waals surface area (Å²) in [5.74, 6) is 10.3. The van der Waals surface area contributed by atoms with Crippen molar-refractivity contribution in [1.29, 1.82) is 0 Å². The second-order valence-corrected chi connectivity index (χ2v) is 46.8. The molecule has 8 heteroatoms. The van der Waals surface area contributed by atoms with Gasteiger partial charge in [-0.2, -0.15) is 0 Å². The lowest BCUT2D eigenvalue weighted by molar-refractivity contribution is -0.0163. The first kappa shape index (κ1) is 84.1. The van der Waals surface area contributed by atoms with Gasteiger partial charge in [0.15, 0.2) is 0 Å². The molecule has 11 aliphatic heterocycles. The number of hydrogen-bond acceptors (Lipinski definition) is 8. The third kappa shape index (κ3) is 22.3. The van der Waals surface area contributed by atoms with E-state index in [1.54, 1.807) is 0 Å². The van der Waals surface area contributed by atoms with E-state index in [1.807, 2.05) is 0 Å². The van der Waals surface area contributed by atoms with E-state index < -0.39 is 0 Å². The Balaban J connectivity index is 0.000000126. The van der Waals surface area contributed by atoms with Crippen LogP contribution in [-0.4, -0.2) is 174 Å². The maximum Gasteiger partial charge on any atom is 0.0167 e. The fraction of sp³-hybridized carbons (Fsp3) is 1.00. The Morgan fingerprint density at radius 1 is 0.294 bits per heavy atom. The lowest BCUT2D eigenvalue weighted by Crippen LogP contribution is -2.56. The zero-order chi connectivity index (χ0) is 74.2. The van der Waals surface area contributed by atoms with E-state index in [1.165, 1.54) is 284 Å². The molecule has 0 aromatic carbocycles. The van der Waals surface area contributed by atoms with Gasteiger partial charge in [0.1, 0.15) is 0 Å². The van der Waals surface area contributed by atoms with Gasteiger partial charge in [-0.05, 0) is 428 Å². The van der Waals surface area contributed by atoms with Crippen LogP contribution in [0.3, 0.4) is 0 Å². The Morgan fingerprint density at radius 3 is 1.17 bits per heavy atom. The minimum Gasteiger partial charge on any atom is -0.314 e. The van der Waals surface area contributed by atoms with Gasteiger partial charge in [-0.15, -0.1) is 0 Å². The maximum absolute atomic E-state index is 3.67. The van der Waals surface area contributed by atoms with Crippen molar-refractivity contribution in [2.45, 2.75) is 472 Å². The van der Waals surface area contributed by atoms with Gasteiger partial charge in [0.25, 0.3) is 0 Å². The molecular weight excluding hydrogens is 1240 g/mol. The van der Waals surface area contributed by atoms with Crippen LogP contribution in [0.2, 0.25) is 0 Å². The number of rotatable bonds is 0. The SMILES string of the molecule is CC(C)(C)C1C2CCNC1CC2.CC(C)(C)N1C2CCCC1CC2.CC(C)(C)N1CC2CCC1CC2.CC(C)(C)N1CC2CCC23CC13.CC(C)(C)N1CC2CCCC(CC2)C1.CC(C)(C)N1CCC2CCC1CC2.CC(C)(C)N1CCC2CCCC(C2)C1.CC(C)(C)N1CCC2CCCC1C2. The van der Waals surface area contributed by atoms with E-state index in [2.05, 4.69) is 206 Å². The van der Waals surface area contributed by atoms with Crippen LogP contribution in [0.4, 0.5) is 0 Å². The molecule has 8 saturated carbocycles. The van der Waals surface area contributed by atoms with E-state index in [-0.39, 0.29) is 0 Å². The molecule has 102 heavy (non-hydrogen) atoms. The molecule has 11 saturated heterocycles. The summed E-state index contributed by atoms with van der Waals surface area (Å²) >= 11 is 0. The van der Waals surface area contributed by atoms with Crippen molar-refractivity contribution in [3.8, 4) is 0 Å². The molecule has 14 bridgehead atoms. The Morgan fingerprint density at radius 2 is 0.725 bits per heavy atom. The molecule has 0 aromatic rings. The molecule has 594 valence electrons. The second kappa shape index (κ2) is 34.3. The summed E-state index contributed by atoms with van der Waals surface area (Å²) in [7, 11) is 0. The van der Waals surface area contributed by atoms with Gasteiger partial charge >= 0.3 is 0 Å². The van der Waals surface area contributed by atoms with Crippen LogP contribution < -0.4 is 5.32 Å². The fourth-order valence-corrected chi connectivity index (χ4v) is 25.6. The predicted molar refractivity (Wildman–Crippen MR) is 443 cm³/mol. The van der Waals surface area contributed by atoms with Crippen molar-refractivity contribution in [1.82, 2.24) is 39.6 Å². The highest BCUT2D eigenvalue weighted by Crippen LogP contribution is 2.71. The van der Waals surface area contributed by atoms with Gasteiger partial charge < -0.3 is 5.32 Å². The largest absolute Gasteiger partial charge is 0.314 e. The topological polar surface area (TPSA) is 34.7 Å². The number of piperidine rings is 6. The lowest BCUT2D eigenvalue weighted by atomic mass is 9.70. The minimum atomic E-state index is 0.386. The van der Waals surface area contributed by atoms with Crippen LogP contribution >= 0.6 is 0 Å². The maximum atomic E-state index is 3.67. The number of nitrogens with zero attached hydrogens (tertiary/aromatic N) is 7. The summed E-state index contributed by atoms with van der Waals surface area (Å²) in [5, 5.41) is 3.67. The smallest absolute Gasteiger partial charge is 0.0167 e. The van der Waals surface area contributed by atoms with Gasteiger partial charge in [0.2, 0.25) is 0 Å². The van der Waals surface area contributed by atoms with Crippen LogP contribution in [0.1, 0.15) is 391 Å². The van der Waals surface area contributed by atoms with E-state index in [4.69, 9.17) is 0 Å². The van der Waals surface area contributed by atoms with E-state index in [9.17, 15) is 0 Å². The Bertz CT molecular complexity index is 2370. The van der Waals surface area contributed by atoms with Gasteiger partial charge in [-0.1, -0.05) is 59.3 Å². The molecule has 19 aliphatic rings. The molecule has 19 rings (SSSR count). The average molecular weight is 1420 g/mol. The third-order valence-corrected chi connectivity index (χ3v) is 31.2. The average Bonchev–Trinajstić information content (AvgIpc) is 1.50. The Hall–Kier alpha value is -0.320. The van der Waals surface area contributed by atoms with E-state index in [0.29, 0.717) is 44.2 Å². The highest BCUT2D eigenvalue weighted by molar-refractivity contribution is 5.24. The van der Waals surface area contributed by atoms with Crippen molar-refractivity contribution < 1.29 is 0 Å². The Kier molecular flexibility index (Phi) is 28.3. The third-order valence-electron chi connectivity index (χ3n) is 31.2. The molecule has 1 N–H and O–H groups in total. The fourth-order valence-electron chi connectivity index (χ4n) is 25.6. The highest BCUT2D eigenvalue weighted by atomic mass is 15.3. The summed E-state index contributed by atoms with van der Waals surface area (Å²) in [6.45, 7) is 69.0. The van der Waals surface area contributed by atoms with Gasteiger partial charge in [-0.3, -0.25) is 34.3 Å². The molecule has 0 amide bonds. The van der Waals surface area contributed by atoms with Crippen LogP contribution in [0.5, 0.6) is 0 Å². The summed E-state index contributed by atoms with van der Waals surface area (Å²) in [5.41, 5.74) is 4.17. The quantitative estimate of drug-likeness (QED) is 0.257. The summed E-state index contributed by atoms with van der Waals surface area (Å²) in [6, 6.07) is 6.38. The van der Waals surface area contributed by atoms with Gasteiger partial charge in [0, 0.05) is 114 Å². The van der Waals surface area contributed by atoms with Crippen molar-refractivity contribution >= 4 is 0 Å². The summed E-state index contributed by atoms with van der Waals surface area (Å²) in [6.07, 6.45) is 51.8. The minimum absolute atomic E-state index is 0.386.